The van der Waals surface area contributed by atoms with Gasteiger partial charge in [-0.05, 0) is 31.4 Å². The monoisotopic (exact) mass is 296 g/mol. The van der Waals surface area contributed by atoms with Crippen LogP contribution in [0.4, 0.5) is 5.69 Å². The third-order valence-corrected chi connectivity index (χ3v) is 4.03. The molecule has 0 unspecified atom stereocenters. The summed E-state index contributed by atoms with van der Waals surface area (Å²) in [6, 6.07) is 9.60. The molecule has 0 N–H and O–H groups in total. The molecule has 0 radical (unpaired) electrons. The van der Waals surface area contributed by atoms with E-state index in [9.17, 15) is 4.79 Å². The first-order chi connectivity index (χ1) is 10.8. The first-order valence-corrected chi connectivity index (χ1v) is 7.76. The number of aryl methyl sites for hydroxylation is 1. The first kappa shape index (κ1) is 14.6. The van der Waals surface area contributed by atoms with Crippen LogP contribution in [0.1, 0.15) is 41.1 Å². The SMILES string of the molecule is C=CCN(C(=O)c1noc2c1CCCCC2)c1ccccc1. The predicted molar refractivity (Wildman–Crippen MR) is 86.1 cm³/mol. The van der Waals surface area contributed by atoms with Gasteiger partial charge in [0, 0.05) is 24.2 Å². The van der Waals surface area contributed by atoms with Crippen LogP contribution in [0.15, 0.2) is 47.5 Å². The summed E-state index contributed by atoms with van der Waals surface area (Å²) in [5, 5.41) is 4.07. The van der Waals surface area contributed by atoms with Crippen LogP contribution >= 0.6 is 0 Å². The number of benzene rings is 1. The van der Waals surface area contributed by atoms with E-state index in [1.165, 1.54) is 6.42 Å². The number of aromatic nitrogens is 1. The molecule has 0 saturated carbocycles. The van der Waals surface area contributed by atoms with Gasteiger partial charge in [-0.1, -0.05) is 35.9 Å². The van der Waals surface area contributed by atoms with Crippen LogP contribution in [0.3, 0.4) is 0 Å². The summed E-state index contributed by atoms with van der Waals surface area (Å²) in [4.78, 5) is 14.6. The van der Waals surface area contributed by atoms with Crippen LogP contribution in [0, 0.1) is 0 Å². The molecule has 0 bridgehead atoms. The van der Waals surface area contributed by atoms with Gasteiger partial charge in [0.25, 0.3) is 5.91 Å². The summed E-state index contributed by atoms with van der Waals surface area (Å²) in [7, 11) is 0. The van der Waals surface area contributed by atoms with Crippen molar-refractivity contribution in [2.75, 3.05) is 11.4 Å². The molecule has 1 aromatic heterocycles. The molecule has 0 spiro atoms. The van der Waals surface area contributed by atoms with E-state index in [0.717, 1.165) is 42.7 Å². The number of hydrogen-bond donors (Lipinski definition) is 0. The Bertz CT molecular complexity index is 661. The Labute approximate surface area is 130 Å². The van der Waals surface area contributed by atoms with Gasteiger partial charge in [0.2, 0.25) is 0 Å². The molecule has 1 aromatic carbocycles. The molecular formula is C18H20N2O2. The van der Waals surface area contributed by atoms with Gasteiger partial charge in [-0.25, -0.2) is 0 Å². The lowest BCUT2D eigenvalue weighted by Crippen LogP contribution is -2.32. The third-order valence-electron chi connectivity index (χ3n) is 4.03. The minimum absolute atomic E-state index is 0.113. The molecule has 4 nitrogen and oxygen atoms in total. The van der Waals surface area contributed by atoms with Crippen LogP contribution in [-0.2, 0) is 12.8 Å². The van der Waals surface area contributed by atoms with Gasteiger partial charge in [-0.15, -0.1) is 6.58 Å². The fourth-order valence-corrected chi connectivity index (χ4v) is 2.90. The lowest BCUT2D eigenvalue weighted by molar-refractivity contribution is 0.0980. The number of fused-ring (bicyclic) bond motifs is 1. The van der Waals surface area contributed by atoms with Crippen molar-refractivity contribution in [1.82, 2.24) is 5.16 Å². The van der Waals surface area contributed by atoms with Gasteiger partial charge >= 0.3 is 0 Å². The number of anilines is 1. The molecule has 3 rings (SSSR count). The van der Waals surface area contributed by atoms with Crippen LogP contribution in [0.5, 0.6) is 0 Å². The number of nitrogens with zero attached hydrogens (tertiary/aromatic N) is 2. The van der Waals surface area contributed by atoms with Crippen molar-refractivity contribution in [3.05, 3.63) is 60.0 Å². The van der Waals surface area contributed by atoms with Gasteiger partial charge < -0.3 is 9.42 Å². The van der Waals surface area contributed by atoms with Crippen molar-refractivity contribution in [3.8, 4) is 0 Å². The molecule has 1 heterocycles. The van der Waals surface area contributed by atoms with E-state index in [1.54, 1.807) is 11.0 Å². The second-order valence-corrected chi connectivity index (χ2v) is 5.53. The highest BCUT2D eigenvalue weighted by molar-refractivity contribution is 6.05. The van der Waals surface area contributed by atoms with Gasteiger partial charge in [0.15, 0.2) is 5.69 Å². The molecule has 1 aliphatic rings. The quantitative estimate of drug-likeness (QED) is 0.637. The van der Waals surface area contributed by atoms with E-state index < -0.39 is 0 Å². The third kappa shape index (κ3) is 2.82. The normalized spacial score (nSPS) is 14.0. The number of para-hydroxylation sites is 1. The van der Waals surface area contributed by atoms with E-state index in [4.69, 9.17) is 4.52 Å². The average molecular weight is 296 g/mol. The maximum Gasteiger partial charge on any atom is 0.281 e. The van der Waals surface area contributed by atoms with Gasteiger partial charge in [0.05, 0.1) is 0 Å². The highest BCUT2D eigenvalue weighted by Gasteiger charge is 2.27. The summed E-state index contributed by atoms with van der Waals surface area (Å²) in [6.07, 6.45) is 6.84. The van der Waals surface area contributed by atoms with E-state index in [1.807, 2.05) is 30.3 Å². The zero-order valence-electron chi connectivity index (χ0n) is 12.6. The topological polar surface area (TPSA) is 46.3 Å². The molecule has 114 valence electrons. The standard InChI is InChI=1S/C18H20N2O2/c1-2-13-20(14-9-5-3-6-10-14)18(21)17-15-11-7-4-8-12-16(15)22-19-17/h2-3,5-6,9-10H,1,4,7-8,11-13H2. The second-order valence-electron chi connectivity index (χ2n) is 5.53. The van der Waals surface area contributed by atoms with Crippen LogP contribution in [0.25, 0.3) is 0 Å². The molecule has 0 atom stereocenters. The highest BCUT2D eigenvalue weighted by Crippen LogP contribution is 2.26. The highest BCUT2D eigenvalue weighted by atomic mass is 16.5. The maximum atomic E-state index is 12.9. The number of hydrogen-bond acceptors (Lipinski definition) is 3. The van der Waals surface area contributed by atoms with Crippen molar-refractivity contribution < 1.29 is 9.32 Å². The Morgan fingerprint density at radius 2 is 2.00 bits per heavy atom. The van der Waals surface area contributed by atoms with Gasteiger partial charge in [-0.3, -0.25) is 4.79 Å². The minimum atomic E-state index is -0.113. The fourth-order valence-electron chi connectivity index (χ4n) is 2.90. The Hall–Kier alpha value is -2.36. The predicted octanol–water partition coefficient (Wildman–Crippen LogP) is 3.78. The van der Waals surface area contributed by atoms with Gasteiger partial charge in [-0.2, -0.15) is 0 Å². The molecule has 0 fully saturated rings. The first-order valence-electron chi connectivity index (χ1n) is 7.76. The molecule has 1 aliphatic carbocycles. The largest absolute Gasteiger partial charge is 0.360 e. The summed E-state index contributed by atoms with van der Waals surface area (Å²) in [5.41, 5.74) is 2.30. The van der Waals surface area contributed by atoms with E-state index >= 15 is 0 Å². The van der Waals surface area contributed by atoms with E-state index in [0.29, 0.717) is 12.2 Å². The second kappa shape index (κ2) is 6.60. The average Bonchev–Trinajstić information content (AvgIpc) is 2.81. The van der Waals surface area contributed by atoms with E-state index in [2.05, 4.69) is 11.7 Å². The zero-order valence-corrected chi connectivity index (χ0v) is 12.6. The van der Waals surface area contributed by atoms with Crippen molar-refractivity contribution >= 4 is 11.6 Å². The zero-order chi connectivity index (χ0) is 15.4. The smallest absolute Gasteiger partial charge is 0.281 e. The maximum absolute atomic E-state index is 12.9. The summed E-state index contributed by atoms with van der Waals surface area (Å²) in [5.74, 6) is 0.769. The summed E-state index contributed by atoms with van der Waals surface area (Å²) in [6.45, 7) is 4.20. The Balaban J connectivity index is 1.94. The number of carbonyl (C=O) groups excluding carboxylic acids is 1. The van der Waals surface area contributed by atoms with Crippen LogP contribution < -0.4 is 4.90 Å². The lowest BCUT2D eigenvalue weighted by atomic mass is 10.1. The Kier molecular flexibility index (Phi) is 4.37. The van der Waals surface area contributed by atoms with Crippen molar-refractivity contribution in [2.45, 2.75) is 32.1 Å². The molecule has 4 heteroatoms. The number of amides is 1. The van der Waals surface area contributed by atoms with Crippen LogP contribution in [-0.4, -0.2) is 17.6 Å². The minimum Gasteiger partial charge on any atom is -0.360 e. The number of rotatable bonds is 4. The summed E-state index contributed by atoms with van der Waals surface area (Å²) < 4.78 is 5.43. The molecule has 22 heavy (non-hydrogen) atoms. The lowest BCUT2D eigenvalue weighted by Gasteiger charge is -2.20. The fraction of sp³-hybridized carbons (Fsp3) is 0.333. The molecule has 2 aromatic rings. The van der Waals surface area contributed by atoms with Crippen molar-refractivity contribution in [3.63, 3.8) is 0 Å². The Morgan fingerprint density at radius 3 is 2.77 bits per heavy atom. The molecule has 0 aliphatic heterocycles. The molecular weight excluding hydrogens is 276 g/mol. The summed E-state index contributed by atoms with van der Waals surface area (Å²) >= 11 is 0. The van der Waals surface area contributed by atoms with Crippen molar-refractivity contribution in [2.24, 2.45) is 0 Å². The van der Waals surface area contributed by atoms with Gasteiger partial charge in [0.1, 0.15) is 5.76 Å². The van der Waals surface area contributed by atoms with Crippen LogP contribution in [0.2, 0.25) is 0 Å². The molecule has 0 saturated heterocycles. The number of carbonyl (C=O) groups is 1. The molecule has 1 amide bonds. The Morgan fingerprint density at radius 1 is 1.23 bits per heavy atom. The van der Waals surface area contributed by atoms with Crippen molar-refractivity contribution in [1.29, 1.82) is 0 Å². The van der Waals surface area contributed by atoms with E-state index in [-0.39, 0.29) is 5.91 Å².